The van der Waals surface area contributed by atoms with E-state index in [0.29, 0.717) is 19.4 Å². The summed E-state index contributed by atoms with van der Waals surface area (Å²) in [6.07, 6.45) is -14.8. The number of alkyl halides is 6. The Balaban J connectivity index is 1.40. The summed E-state index contributed by atoms with van der Waals surface area (Å²) >= 11 is 0. The number of carbonyl (C=O) groups excluding carboxylic acids is 1. The van der Waals surface area contributed by atoms with Crippen LogP contribution in [0.4, 0.5) is 35.5 Å². The van der Waals surface area contributed by atoms with E-state index in [4.69, 9.17) is 0 Å². The smallest absolute Gasteiger partial charge is 0.426 e. The predicted octanol–water partition coefficient (Wildman–Crippen LogP) is 5.37. The zero-order chi connectivity index (χ0) is 24.0. The molecule has 0 bridgehead atoms. The summed E-state index contributed by atoms with van der Waals surface area (Å²) < 4.78 is 93.5. The molecule has 2 aliphatic heterocycles. The average Bonchev–Trinajstić information content (AvgIpc) is 3.28. The Labute approximate surface area is 184 Å². The summed E-state index contributed by atoms with van der Waals surface area (Å²) in [5, 5.41) is 0.736. The SMILES string of the molecule is O=C(OC(C(F)(F)F)C(F)(F)F)N1CCC2(CCCN2Cc2cc3cc(F)ccc3[nH]2)CC1. The molecule has 182 valence electrons. The molecule has 1 aromatic carbocycles. The fourth-order valence-corrected chi connectivity index (χ4v) is 4.86. The minimum absolute atomic E-state index is 0.00429. The average molecular weight is 481 g/mol. The van der Waals surface area contributed by atoms with Crippen LogP contribution in [0.5, 0.6) is 0 Å². The first-order valence-electron chi connectivity index (χ1n) is 10.5. The van der Waals surface area contributed by atoms with Gasteiger partial charge in [0.1, 0.15) is 5.82 Å². The van der Waals surface area contributed by atoms with Crippen molar-refractivity contribution < 1.29 is 40.3 Å². The topological polar surface area (TPSA) is 48.6 Å². The minimum Gasteiger partial charge on any atom is -0.426 e. The van der Waals surface area contributed by atoms with Gasteiger partial charge in [-0.05, 0) is 56.5 Å². The number of hydrogen-bond acceptors (Lipinski definition) is 3. The van der Waals surface area contributed by atoms with Gasteiger partial charge in [-0.15, -0.1) is 0 Å². The van der Waals surface area contributed by atoms with Crippen molar-refractivity contribution >= 4 is 17.0 Å². The summed E-state index contributed by atoms with van der Waals surface area (Å²) in [6.45, 7) is 1.29. The zero-order valence-electron chi connectivity index (χ0n) is 17.4. The minimum atomic E-state index is -5.74. The Hall–Kier alpha value is -2.50. The molecule has 33 heavy (non-hydrogen) atoms. The Bertz CT molecular complexity index is 995. The zero-order valence-corrected chi connectivity index (χ0v) is 17.4. The van der Waals surface area contributed by atoms with Gasteiger partial charge in [0.05, 0.1) is 0 Å². The maximum absolute atomic E-state index is 13.5. The first-order valence-corrected chi connectivity index (χ1v) is 10.5. The van der Waals surface area contributed by atoms with Gasteiger partial charge < -0.3 is 14.6 Å². The van der Waals surface area contributed by atoms with E-state index >= 15 is 0 Å². The normalized spacial score (nSPS) is 19.7. The number of likely N-dealkylation sites (tertiary alicyclic amines) is 2. The van der Waals surface area contributed by atoms with Crippen LogP contribution in [0.3, 0.4) is 0 Å². The number of benzene rings is 1. The number of nitrogens with one attached hydrogen (secondary N) is 1. The third-order valence-electron chi connectivity index (χ3n) is 6.51. The lowest BCUT2D eigenvalue weighted by molar-refractivity contribution is -0.308. The number of aromatic amines is 1. The van der Waals surface area contributed by atoms with Gasteiger partial charge in [-0.1, -0.05) is 0 Å². The van der Waals surface area contributed by atoms with E-state index in [1.165, 1.54) is 12.1 Å². The van der Waals surface area contributed by atoms with Crippen LogP contribution in [0.2, 0.25) is 0 Å². The lowest BCUT2D eigenvalue weighted by Crippen LogP contribution is -2.54. The molecule has 2 fully saturated rings. The number of rotatable bonds is 3. The third kappa shape index (κ3) is 4.90. The predicted molar refractivity (Wildman–Crippen MR) is 104 cm³/mol. The Kier molecular flexibility index (Phi) is 6.00. The molecule has 1 spiro atoms. The van der Waals surface area contributed by atoms with Crippen molar-refractivity contribution in [1.29, 1.82) is 0 Å². The molecule has 1 aromatic heterocycles. The molecule has 1 N–H and O–H groups in total. The maximum atomic E-state index is 13.5. The maximum Gasteiger partial charge on any atom is 0.434 e. The van der Waals surface area contributed by atoms with Crippen LogP contribution in [0, 0.1) is 5.82 Å². The van der Waals surface area contributed by atoms with Crippen LogP contribution in [0.25, 0.3) is 10.9 Å². The van der Waals surface area contributed by atoms with Crippen LogP contribution < -0.4 is 0 Å². The number of piperidine rings is 1. The van der Waals surface area contributed by atoms with Gasteiger partial charge in [-0.25, -0.2) is 9.18 Å². The van der Waals surface area contributed by atoms with Crippen molar-refractivity contribution in [3.05, 3.63) is 35.8 Å². The fraction of sp³-hybridized carbons (Fsp3) is 0.571. The second-order valence-electron chi connectivity index (χ2n) is 8.61. The van der Waals surface area contributed by atoms with E-state index in [0.717, 1.165) is 40.9 Å². The van der Waals surface area contributed by atoms with Gasteiger partial charge in [0.15, 0.2) is 0 Å². The number of nitrogens with zero attached hydrogens (tertiary/aromatic N) is 2. The number of halogens is 7. The quantitative estimate of drug-likeness (QED) is 0.600. The molecule has 4 rings (SSSR count). The Morgan fingerprint density at radius 3 is 2.33 bits per heavy atom. The first kappa shape index (κ1) is 23.7. The highest BCUT2D eigenvalue weighted by molar-refractivity contribution is 5.80. The van der Waals surface area contributed by atoms with E-state index in [1.54, 1.807) is 6.07 Å². The summed E-state index contributed by atoms with van der Waals surface area (Å²) in [4.78, 5) is 18.4. The van der Waals surface area contributed by atoms with Gasteiger partial charge in [0.25, 0.3) is 6.10 Å². The van der Waals surface area contributed by atoms with Gasteiger partial charge in [-0.2, -0.15) is 26.3 Å². The molecule has 1 amide bonds. The van der Waals surface area contributed by atoms with Crippen molar-refractivity contribution in [3.63, 3.8) is 0 Å². The van der Waals surface area contributed by atoms with Crippen molar-refractivity contribution in [2.45, 2.75) is 56.2 Å². The lowest BCUT2D eigenvalue weighted by Gasteiger charge is -2.44. The molecule has 2 aromatic rings. The van der Waals surface area contributed by atoms with Gasteiger partial charge in [0, 0.05) is 41.8 Å². The van der Waals surface area contributed by atoms with Crippen LogP contribution in [-0.4, -0.2) is 64.5 Å². The largest absolute Gasteiger partial charge is 0.434 e. The molecule has 5 nitrogen and oxygen atoms in total. The number of fused-ring (bicyclic) bond motifs is 1. The molecule has 0 radical (unpaired) electrons. The van der Waals surface area contributed by atoms with Crippen molar-refractivity contribution in [3.8, 4) is 0 Å². The van der Waals surface area contributed by atoms with Crippen molar-refractivity contribution in [1.82, 2.24) is 14.8 Å². The van der Waals surface area contributed by atoms with Crippen LogP contribution in [0.1, 0.15) is 31.4 Å². The number of amides is 1. The number of ether oxygens (including phenoxy) is 1. The third-order valence-corrected chi connectivity index (χ3v) is 6.51. The highest BCUT2D eigenvalue weighted by Gasteiger charge is 2.60. The van der Waals surface area contributed by atoms with Crippen LogP contribution in [-0.2, 0) is 11.3 Å². The van der Waals surface area contributed by atoms with E-state index in [2.05, 4.69) is 14.6 Å². The molecule has 0 unspecified atom stereocenters. The second kappa shape index (κ2) is 8.37. The summed E-state index contributed by atoms with van der Waals surface area (Å²) in [5.74, 6) is -0.344. The molecular formula is C21H22F7N3O2. The van der Waals surface area contributed by atoms with Crippen molar-refractivity contribution in [2.75, 3.05) is 19.6 Å². The summed E-state index contributed by atoms with van der Waals surface area (Å²) in [7, 11) is 0. The number of aromatic nitrogens is 1. The molecular weight excluding hydrogens is 459 g/mol. The fourth-order valence-electron chi connectivity index (χ4n) is 4.86. The van der Waals surface area contributed by atoms with Gasteiger partial charge in [-0.3, -0.25) is 4.90 Å². The molecule has 2 aliphatic rings. The van der Waals surface area contributed by atoms with Crippen LogP contribution >= 0.6 is 0 Å². The molecule has 0 saturated carbocycles. The van der Waals surface area contributed by atoms with Gasteiger partial charge in [0.2, 0.25) is 0 Å². The number of hydrogen-bond donors (Lipinski definition) is 1. The highest BCUT2D eigenvalue weighted by Crippen LogP contribution is 2.40. The van der Waals surface area contributed by atoms with E-state index in [9.17, 15) is 35.5 Å². The molecule has 0 atom stereocenters. The first-order chi connectivity index (χ1) is 15.4. The molecule has 12 heteroatoms. The monoisotopic (exact) mass is 481 g/mol. The van der Waals surface area contributed by atoms with Crippen LogP contribution in [0.15, 0.2) is 24.3 Å². The molecule has 3 heterocycles. The molecule has 0 aliphatic carbocycles. The molecule has 2 saturated heterocycles. The number of carbonyl (C=O) groups is 1. The summed E-state index contributed by atoms with van der Waals surface area (Å²) in [5.41, 5.74) is 1.35. The summed E-state index contributed by atoms with van der Waals surface area (Å²) in [6, 6.07) is 6.28. The lowest BCUT2D eigenvalue weighted by atomic mass is 9.85. The Morgan fingerprint density at radius 2 is 1.70 bits per heavy atom. The van der Waals surface area contributed by atoms with E-state index in [-0.39, 0.29) is 24.4 Å². The Morgan fingerprint density at radius 1 is 1.03 bits per heavy atom. The van der Waals surface area contributed by atoms with E-state index in [1.807, 2.05) is 6.07 Å². The number of H-pyrrole nitrogens is 1. The standard InChI is InChI=1S/C21H22F7N3O2/c22-14-2-3-16-13(10-14)11-15(29-16)12-31-7-1-4-19(31)5-8-30(9-6-19)18(32)33-17(20(23,24)25)21(26,27)28/h2-3,10-11,17,29H,1,4-9,12H2. The highest BCUT2D eigenvalue weighted by atomic mass is 19.4. The van der Waals surface area contributed by atoms with Crippen molar-refractivity contribution in [2.24, 2.45) is 0 Å². The van der Waals surface area contributed by atoms with E-state index < -0.39 is 24.5 Å². The second-order valence-corrected chi connectivity index (χ2v) is 8.61. The van der Waals surface area contributed by atoms with Gasteiger partial charge >= 0.3 is 18.4 Å².